The third-order valence-electron chi connectivity index (χ3n) is 20.2. The van der Waals surface area contributed by atoms with Crippen LogP contribution in [0.25, 0.3) is 0 Å². The number of unbranched alkanes of at least 4 members (excludes halogenated alkanes) is 13. The van der Waals surface area contributed by atoms with Crippen LogP contribution in [0.4, 0.5) is 29.2 Å². The molecule has 1 atom stereocenters. The van der Waals surface area contributed by atoms with Gasteiger partial charge in [0.1, 0.15) is 74.8 Å². The second kappa shape index (κ2) is 38.3. The summed E-state index contributed by atoms with van der Waals surface area (Å²) in [5.74, 6) is 7.55. The lowest BCUT2D eigenvalue weighted by Gasteiger charge is -2.42. The number of aryl methyl sites for hydroxylation is 6. The molecule has 0 saturated heterocycles. The Kier molecular flexibility index (Phi) is 32.5. The third-order valence-corrected chi connectivity index (χ3v) is 20.2. The molecular formula is C80H130N11O8+. The van der Waals surface area contributed by atoms with Crippen molar-refractivity contribution in [1.29, 1.82) is 0 Å². The summed E-state index contributed by atoms with van der Waals surface area (Å²) in [6.45, 7) is 39.7. The van der Waals surface area contributed by atoms with E-state index in [-0.39, 0.29) is 22.8 Å². The molecule has 3 aliphatic rings. The van der Waals surface area contributed by atoms with E-state index in [1.807, 2.05) is 165 Å². The highest BCUT2D eigenvalue weighted by Crippen LogP contribution is 2.45. The first-order chi connectivity index (χ1) is 46.4. The number of hydrogen-bond acceptors (Lipinski definition) is 18. The molecule has 0 saturated carbocycles. The molecule has 9 rings (SSSR count). The van der Waals surface area contributed by atoms with Crippen molar-refractivity contribution in [3.05, 3.63) is 101 Å². The van der Waals surface area contributed by atoms with E-state index in [2.05, 4.69) is 63.0 Å². The van der Waals surface area contributed by atoms with Gasteiger partial charge in [0.25, 0.3) is 0 Å². The lowest BCUT2D eigenvalue weighted by atomic mass is 9.84. The summed E-state index contributed by atoms with van der Waals surface area (Å²) in [6.07, 6.45) is 25.0. The number of anilines is 5. The maximum Gasteiger partial charge on any atom is 0.393 e. The number of nitrogens with one attached hydrogen (secondary N) is 1. The summed E-state index contributed by atoms with van der Waals surface area (Å²) < 4.78 is 14.2. The van der Waals surface area contributed by atoms with Crippen molar-refractivity contribution < 1.29 is 44.7 Å². The summed E-state index contributed by atoms with van der Waals surface area (Å²) in [7, 11) is 13.6. The van der Waals surface area contributed by atoms with Crippen molar-refractivity contribution in [2.45, 2.75) is 271 Å². The Bertz CT molecular complexity index is 3600. The fourth-order valence-electron chi connectivity index (χ4n) is 12.7. The average Bonchev–Trinajstić information content (AvgIpc) is 0.776. The molecule has 5 aromatic heterocycles. The molecule has 8 heterocycles. The Hall–Kier alpha value is -7.54. The smallest absolute Gasteiger partial charge is 0.393 e. The number of aromatic hydroxyl groups is 6. The Labute approximate surface area is 596 Å². The van der Waals surface area contributed by atoms with Gasteiger partial charge in [0.15, 0.2) is 11.4 Å². The van der Waals surface area contributed by atoms with E-state index in [1.54, 1.807) is 13.8 Å². The fourth-order valence-corrected chi connectivity index (χ4v) is 12.7. The first kappa shape index (κ1) is 83.9. The normalized spacial score (nSPS) is 14.7. The summed E-state index contributed by atoms with van der Waals surface area (Å²) in [5.41, 5.74) is 15.0. The Morgan fingerprint density at radius 3 is 1.52 bits per heavy atom. The van der Waals surface area contributed by atoms with Gasteiger partial charge in [-0.25, -0.2) is 24.5 Å². The number of hydrogen-bond donors (Lipinski definition) is 7. The van der Waals surface area contributed by atoms with Gasteiger partial charge in [-0.1, -0.05) is 95.4 Å². The van der Waals surface area contributed by atoms with Crippen LogP contribution in [0.15, 0.2) is 6.07 Å². The minimum Gasteiger partial charge on any atom is -0.507 e. The number of pyridine rings is 4. The summed E-state index contributed by atoms with van der Waals surface area (Å²) >= 11 is 0. The van der Waals surface area contributed by atoms with Crippen LogP contribution in [0.1, 0.15) is 239 Å². The maximum atomic E-state index is 10.4. The number of rotatable bonds is 19. The zero-order valence-corrected chi connectivity index (χ0v) is 66.1. The second-order valence-electron chi connectivity index (χ2n) is 28.9. The lowest BCUT2D eigenvalue weighted by molar-refractivity contribution is -0.668. The van der Waals surface area contributed by atoms with Gasteiger partial charge in [-0.15, -0.1) is 0 Å². The molecule has 0 radical (unpaired) electrons. The van der Waals surface area contributed by atoms with Crippen LogP contribution in [0, 0.1) is 96.9 Å². The molecule has 7 N–H and O–H groups in total. The topological polar surface area (TPSA) is 233 Å². The van der Waals surface area contributed by atoms with E-state index in [9.17, 15) is 30.6 Å². The van der Waals surface area contributed by atoms with Gasteiger partial charge in [0.2, 0.25) is 0 Å². The second-order valence-corrected chi connectivity index (χ2v) is 28.9. The zero-order valence-electron chi connectivity index (χ0n) is 66.1. The van der Waals surface area contributed by atoms with Gasteiger partial charge >= 0.3 is 5.95 Å². The maximum absolute atomic E-state index is 10.4. The Morgan fingerprint density at radius 1 is 0.515 bits per heavy atom. The molecule has 99 heavy (non-hydrogen) atoms. The monoisotopic (exact) mass is 1370 g/mol. The van der Waals surface area contributed by atoms with Gasteiger partial charge in [-0.05, 0) is 208 Å². The van der Waals surface area contributed by atoms with E-state index in [1.165, 1.54) is 101 Å². The number of aromatic nitrogens is 6. The predicted octanol–water partition coefficient (Wildman–Crippen LogP) is 17.1. The van der Waals surface area contributed by atoms with E-state index < -0.39 is 0 Å². The van der Waals surface area contributed by atoms with Crippen LogP contribution < -0.4 is 34.2 Å². The summed E-state index contributed by atoms with van der Waals surface area (Å²) in [5, 5.41) is 61.7. The number of fused-ring (bicyclic) bond motifs is 3. The van der Waals surface area contributed by atoms with Crippen molar-refractivity contribution in [3.8, 4) is 40.2 Å². The number of ether oxygens (including phenoxy) is 2. The first-order valence-electron chi connectivity index (χ1n) is 36.4. The molecular weight excluding hydrogens is 1240 g/mol. The fraction of sp³-hybridized carbons (Fsp3) is 0.625. The van der Waals surface area contributed by atoms with E-state index in [0.29, 0.717) is 52.4 Å². The average molecular weight is 1370 g/mol. The van der Waals surface area contributed by atoms with Crippen LogP contribution in [0.3, 0.4) is 0 Å². The van der Waals surface area contributed by atoms with Crippen LogP contribution in [0.5, 0.6) is 40.2 Å². The molecule has 552 valence electrons. The van der Waals surface area contributed by atoms with Gasteiger partial charge in [0, 0.05) is 63.5 Å². The van der Waals surface area contributed by atoms with Crippen LogP contribution >= 0.6 is 0 Å². The van der Waals surface area contributed by atoms with Gasteiger partial charge in [-0.3, -0.25) is 4.90 Å². The van der Waals surface area contributed by atoms with Gasteiger partial charge < -0.3 is 60.1 Å². The molecule has 0 spiro atoms. The van der Waals surface area contributed by atoms with Crippen LogP contribution in [-0.2, 0) is 31.2 Å². The largest absolute Gasteiger partial charge is 0.507 e. The molecule has 0 bridgehead atoms. The van der Waals surface area contributed by atoms with E-state index in [0.717, 1.165) is 142 Å². The highest BCUT2D eigenvalue weighted by atomic mass is 16.5. The van der Waals surface area contributed by atoms with Crippen LogP contribution in [0.2, 0.25) is 0 Å². The molecule has 19 nitrogen and oxygen atoms in total. The minimum atomic E-state index is -0.351. The van der Waals surface area contributed by atoms with Gasteiger partial charge in [-0.2, -0.15) is 0 Å². The molecule has 1 unspecified atom stereocenters. The van der Waals surface area contributed by atoms with Crippen molar-refractivity contribution in [1.82, 2.24) is 24.9 Å². The number of benzene rings is 1. The number of phenols is 1. The molecule has 0 aliphatic carbocycles. The molecule has 6 aromatic rings. The third kappa shape index (κ3) is 22.5. The lowest BCUT2D eigenvalue weighted by Crippen LogP contribution is -2.47. The minimum absolute atomic E-state index is 0.0509. The molecule has 1 aromatic carbocycles. The highest BCUT2D eigenvalue weighted by molar-refractivity contribution is 5.61. The SMILES string of the molecule is CCCCCCCCCCCCCCCCC1(C)CCc2c(C)c(O)c(C)c(C)c2O1.CCNc1nc(C)c(O)c(C)c1C.Cc1cc(N(C)C)nc(C)c1O.Cc1nc(N(C)C)[n+](C)c(C)c1O.Cc1nc2c(c(C)c1O)CCCN2C.Cc1nc2c(c(C)c1O)COC(C)(C)N2C. The number of nitrogens with zero attached hydrogens (tertiary/aromatic N) is 10. The van der Waals surface area contributed by atoms with Crippen molar-refractivity contribution in [3.63, 3.8) is 0 Å². The van der Waals surface area contributed by atoms with Crippen molar-refractivity contribution >= 4 is 29.2 Å². The van der Waals surface area contributed by atoms with Crippen molar-refractivity contribution in [2.24, 2.45) is 7.05 Å². The molecule has 19 heteroatoms. The Morgan fingerprint density at radius 2 is 0.990 bits per heavy atom. The summed E-state index contributed by atoms with van der Waals surface area (Å²) in [6, 6.07) is 1.86. The van der Waals surface area contributed by atoms with E-state index >= 15 is 0 Å². The summed E-state index contributed by atoms with van der Waals surface area (Å²) in [4.78, 5) is 29.6. The van der Waals surface area contributed by atoms with E-state index in [4.69, 9.17) is 9.47 Å². The quantitative estimate of drug-likeness (QED) is 0.0295. The van der Waals surface area contributed by atoms with Gasteiger partial charge in [0.05, 0.1) is 50.5 Å². The predicted molar refractivity (Wildman–Crippen MR) is 409 cm³/mol. The van der Waals surface area contributed by atoms with Crippen molar-refractivity contribution in [2.75, 3.05) is 80.3 Å². The highest BCUT2D eigenvalue weighted by Gasteiger charge is 2.36. The standard InChI is InChI=1S/C29H50O2.C12H18N2O2.C11H16N2O.C10H16N2O.C9H15N3O.C9H14N2O/c1-6-7-8-9-10-11-12-13-14-15-16-17-18-19-21-29(5)22-20-26-25(4)27(30)23(2)24(3)28(26)31-29;1-7-9-6-16-12(3,4)14(5)11(9)13-8(2)10(7)15;1-7-9-5-4-6-13(3)11(9)12-8(2)10(7)14;1-5-11-10-7(3)6(2)9(13)8(4)12-10;1-6-8(13)7(2)12(5)9(10-6)11(3)4;1-6-5-8(11(3)4)10-7(2)9(6)12/h30H,6-22H2,1-5H3;15H,6H2,1-5H3;14H,4-6H2,1-3H3;13H,5H2,1-4H3,(H,11,12);1-5H3;5,12H,1-4H3/p+1. The Balaban J connectivity index is 0.000000264. The first-order valence-corrected chi connectivity index (χ1v) is 36.4. The molecule has 0 amide bonds. The molecule has 3 aliphatic heterocycles. The number of phenolic OH excluding ortho intramolecular Hbond substituents is 1. The van der Waals surface area contributed by atoms with Crippen LogP contribution in [-0.4, -0.2) is 122 Å². The molecule has 0 fully saturated rings. The zero-order chi connectivity index (χ0) is 74.6.